The van der Waals surface area contributed by atoms with E-state index in [0.717, 1.165) is 11.1 Å². The molecule has 1 N–H and O–H groups in total. The number of aromatic nitrogens is 1. The van der Waals surface area contributed by atoms with Crippen LogP contribution in [0.3, 0.4) is 0 Å². The third kappa shape index (κ3) is 4.14. The zero-order chi connectivity index (χ0) is 16.2. The average Bonchev–Trinajstić information content (AvgIpc) is 2.47. The van der Waals surface area contributed by atoms with Gasteiger partial charge in [-0.15, -0.1) is 0 Å². The fraction of sp³-hybridized carbons (Fsp3) is 0.467. The molecule has 22 heavy (non-hydrogen) atoms. The molecule has 0 unspecified atom stereocenters. The summed E-state index contributed by atoms with van der Waals surface area (Å²) in [6, 6.07) is 3.64. The van der Waals surface area contributed by atoms with E-state index in [-0.39, 0.29) is 24.0 Å². The zero-order valence-corrected chi connectivity index (χ0v) is 13.5. The molecule has 7 heteroatoms. The van der Waals surface area contributed by atoms with Crippen molar-refractivity contribution in [3.05, 3.63) is 41.7 Å². The summed E-state index contributed by atoms with van der Waals surface area (Å²) in [5.41, 5.74) is 3.31. The van der Waals surface area contributed by atoms with Crippen LogP contribution in [0.5, 0.6) is 0 Å². The lowest BCUT2D eigenvalue weighted by atomic mass is 9.81. The van der Waals surface area contributed by atoms with Crippen LogP contribution in [0.2, 0.25) is 0 Å². The SMILES string of the molecule is CC(C)(C(=O)NOCc1cccnc1)C1=CCS(=O)(=O)CC1. The van der Waals surface area contributed by atoms with E-state index in [2.05, 4.69) is 10.5 Å². The van der Waals surface area contributed by atoms with Crippen molar-refractivity contribution < 1.29 is 18.0 Å². The van der Waals surface area contributed by atoms with Crippen molar-refractivity contribution in [3.63, 3.8) is 0 Å². The molecule has 2 heterocycles. The second-order valence-electron chi connectivity index (χ2n) is 5.80. The first kappa shape index (κ1) is 16.6. The smallest absolute Gasteiger partial charge is 0.253 e. The number of carbonyl (C=O) groups is 1. The first-order chi connectivity index (χ1) is 10.3. The standard InChI is InChI=1S/C15H20N2O4S/c1-15(2,13-5-8-22(19,20)9-6-13)14(18)17-21-11-12-4-3-7-16-10-12/h3-5,7,10H,6,8-9,11H2,1-2H3,(H,17,18). The molecule has 0 aliphatic carbocycles. The van der Waals surface area contributed by atoms with Gasteiger partial charge in [0, 0.05) is 12.4 Å². The van der Waals surface area contributed by atoms with Gasteiger partial charge in [-0.3, -0.25) is 14.6 Å². The van der Waals surface area contributed by atoms with Gasteiger partial charge in [-0.25, -0.2) is 13.9 Å². The number of carbonyl (C=O) groups excluding carboxylic acids is 1. The van der Waals surface area contributed by atoms with Crippen molar-refractivity contribution in [2.24, 2.45) is 5.41 Å². The van der Waals surface area contributed by atoms with Crippen molar-refractivity contribution in [1.82, 2.24) is 10.5 Å². The van der Waals surface area contributed by atoms with Gasteiger partial charge in [0.2, 0.25) is 0 Å². The maximum absolute atomic E-state index is 12.3. The molecule has 0 saturated carbocycles. The molecule has 0 atom stereocenters. The summed E-state index contributed by atoms with van der Waals surface area (Å²) in [7, 11) is -3.00. The van der Waals surface area contributed by atoms with E-state index in [1.165, 1.54) is 0 Å². The molecule has 0 saturated heterocycles. The number of pyridine rings is 1. The molecule has 6 nitrogen and oxygen atoms in total. The summed E-state index contributed by atoms with van der Waals surface area (Å²) in [6.07, 6.45) is 5.34. The number of amides is 1. The highest BCUT2D eigenvalue weighted by Gasteiger charge is 2.34. The minimum atomic E-state index is -3.00. The number of sulfone groups is 1. The summed E-state index contributed by atoms with van der Waals surface area (Å²) in [5.74, 6) is -0.205. The van der Waals surface area contributed by atoms with Crippen LogP contribution in [-0.4, -0.2) is 30.8 Å². The molecule has 1 aliphatic heterocycles. The predicted molar refractivity (Wildman–Crippen MR) is 82.3 cm³/mol. The summed E-state index contributed by atoms with van der Waals surface area (Å²) in [4.78, 5) is 21.4. The molecule has 1 amide bonds. The quantitative estimate of drug-likeness (QED) is 0.653. The Morgan fingerprint density at radius 1 is 1.45 bits per heavy atom. The molecule has 1 aromatic heterocycles. The van der Waals surface area contributed by atoms with Gasteiger partial charge in [-0.1, -0.05) is 17.7 Å². The minimum absolute atomic E-state index is 0.00438. The Hall–Kier alpha value is -1.73. The Labute approximate surface area is 130 Å². The fourth-order valence-corrected chi connectivity index (χ4v) is 3.34. The number of hydrogen-bond acceptors (Lipinski definition) is 5. The first-order valence-corrected chi connectivity index (χ1v) is 8.84. The van der Waals surface area contributed by atoms with E-state index in [9.17, 15) is 13.2 Å². The van der Waals surface area contributed by atoms with E-state index >= 15 is 0 Å². The van der Waals surface area contributed by atoms with E-state index in [4.69, 9.17) is 4.84 Å². The molecule has 0 aromatic carbocycles. The molecule has 1 aliphatic rings. The van der Waals surface area contributed by atoms with E-state index in [1.807, 2.05) is 6.07 Å². The highest BCUT2D eigenvalue weighted by Crippen LogP contribution is 2.31. The Bertz CT molecular complexity index is 666. The highest BCUT2D eigenvalue weighted by atomic mass is 32.2. The van der Waals surface area contributed by atoms with Gasteiger partial charge < -0.3 is 0 Å². The van der Waals surface area contributed by atoms with Gasteiger partial charge in [-0.05, 0) is 31.9 Å². The van der Waals surface area contributed by atoms with Gasteiger partial charge in [0.05, 0.1) is 16.9 Å². The number of hydrogen-bond donors (Lipinski definition) is 1. The second kappa shape index (κ2) is 6.58. The van der Waals surface area contributed by atoms with Gasteiger partial charge >= 0.3 is 0 Å². The number of hydroxylamine groups is 1. The van der Waals surface area contributed by atoms with Crippen molar-refractivity contribution in [2.45, 2.75) is 26.9 Å². The number of rotatable bonds is 5. The van der Waals surface area contributed by atoms with Crippen LogP contribution in [0.1, 0.15) is 25.8 Å². The molecule has 0 bridgehead atoms. The Balaban J connectivity index is 1.92. The molecule has 0 spiro atoms. The maximum atomic E-state index is 12.3. The largest absolute Gasteiger partial charge is 0.272 e. The van der Waals surface area contributed by atoms with Crippen LogP contribution in [0.4, 0.5) is 0 Å². The molecule has 0 radical (unpaired) electrons. The number of nitrogens with one attached hydrogen (secondary N) is 1. The molecular weight excluding hydrogens is 304 g/mol. The van der Waals surface area contributed by atoms with E-state index in [1.54, 1.807) is 38.4 Å². The van der Waals surface area contributed by atoms with Crippen molar-refractivity contribution in [3.8, 4) is 0 Å². The molecule has 1 aromatic rings. The van der Waals surface area contributed by atoms with Crippen molar-refractivity contribution in [2.75, 3.05) is 11.5 Å². The monoisotopic (exact) mass is 324 g/mol. The molecule has 120 valence electrons. The third-order valence-electron chi connectivity index (χ3n) is 3.76. The van der Waals surface area contributed by atoms with Gasteiger partial charge in [0.25, 0.3) is 5.91 Å². The third-order valence-corrected chi connectivity index (χ3v) is 5.26. The zero-order valence-electron chi connectivity index (χ0n) is 12.7. The van der Waals surface area contributed by atoms with Crippen LogP contribution in [0, 0.1) is 5.41 Å². The highest BCUT2D eigenvalue weighted by molar-refractivity contribution is 7.91. The van der Waals surface area contributed by atoms with Crippen LogP contribution in [0.15, 0.2) is 36.2 Å². The van der Waals surface area contributed by atoms with Crippen LogP contribution in [0.25, 0.3) is 0 Å². The average molecular weight is 324 g/mol. The maximum Gasteiger partial charge on any atom is 0.253 e. The lowest BCUT2D eigenvalue weighted by Gasteiger charge is -2.28. The van der Waals surface area contributed by atoms with Gasteiger partial charge in [-0.2, -0.15) is 0 Å². The van der Waals surface area contributed by atoms with Crippen molar-refractivity contribution >= 4 is 15.7 Å². The number of nitrogens with zero attached hydrogens (tertiary/aromatic N) is 1. The van der Waals surface area contributed by atoms with Crippen LogP contribution in [-0.2, 0) is 26.1 Å². The lowest BCUT2D eigenvalue weighted by molar-refractivity contribution is -0.141. The minimum Gasteiger partial charge on any atom is -0.272 e. The summed E-state index contributed by atoms with van der Waals surface area (Å²) >= 11 is 0. The summed E-state index contributed by atoms with van der Waals surface area (Å²) < 4.78 is 22.9. The topological polar surface area (TPSA) is 85.4 Å². The summed E-state index contributed by atoms with van der Waals surface area (Å²) in [6.45, 7) is 3.75. The predicted octanol–water partition coefficient (Wildman–Crippen LogP) is 1.40. The van der Waals surface area contributed by atoms with Crippen LogP contribution >= 0.6 is 0 Å². The first-order valence-electron chi connectivity index (χ1n) is 7.02. The second-order valence-corrected chi connectivity index (χ2v) is 8.03. The van der Waals surface area contributed by atoms with E-state index in [0.29, 0.717) is 6.42 Å². The summed E-state index contributed by atoms with van der Waals surface area (Å²) in [5, 5.41) is 0. The molecule has 0 fully saturated rings. The lowest BCUT2D eigenvalue weighted by Crippen LogP contribution is -2.39. The fourth-order valence-electron chi connectivity index (χ4n) is 2.19. The molecular formula is C15H20N2O4S. The Kier molecular flexibility index (Phi) is 4.97. The van der Waals surface area contributed by atoms with Crippen molar-refractivity contribution in [1.29, 1.82) is 0 Å². The Morgan fingerprint density at radius 3 is 2.82 bits per heavy atom. The van der Waals surface area contributed by atoms with Crippen LogP contribution < -0.4 is 5.48 Å². The van der Waals surface area contributed by atoms with E-state index < -0.39 is 15.3 Å². The Morgan fingerprint density at radius 2 is 2.23 bits per heavy atom. The normalized spacial score (nSPS) is 17.6. The molecule has 2 rings (SSSR count). The van der Waals surface area contributed by atoms with Gasteiger partial charge in [0.1, 0.15) is 6.61 Å². The van der Waals surface area contributed by atoms with Gasteiger partial charge in [0.15, 0.2) is 9.84 Å².